The van der Waals surface area contributed by atoms with Crippen LogP contribution in [0.15, 0.2) is 38.0 Å². The van der Waals surface area contributed by atoms with E-state index in [0.29, 0.717) is 16.7 Å². The Morgan fingerprint density at radius 2 is 1.89 bits per heavy atom. The molecule has 0 amide bonds. The molecule has 0 radical (unpaired) electrons. The highest BCUT2D eigenvalue weighted by atomic mass is 79.9. The molecule has 5 heteroatoms. The Hall–Kier alpha value is -0.940. The van der Waals surface area contributed by atoms with Gasteiger partial charge in [0.05, 0.1) is 5.69 Å². The molecule has 1 heterocycles. The van der Waals surface area contributed by atoms with Gasteiger partial charge in [-0.2, -0.15) is 0 Å². The zero-order chi connectivity index (χ0) is 13.1. The lowest BCUT2D eigenvalue weighted by molar-refractivity contribution is 0.877. The van der Waals surface area contributed by atoms with Crippen LogP contribution in [-0.4, -0.2) is 9.97 Å². The van der Waals surface area contributed by atoms with Crippen molar-refractivity contribution in [2.45, 2.75) is 19.8 Å². The van der Waals surface area contributed by atoms with Gasteiger partial charge in [-0.05, 0) is 40.0 Å². The number of nitrogens with one attached hydrogen (secondary N) is 1. The second kappa shape index (κ2) is 5.80. The number of hydrogen-bond donors (Lipinski definition) is 1. The van der Waals surface area contributed by atoms with Crippen molar-refractivity contribution in [1.82, 2.24) is 9.97 Å². The molecule has 0 unspecified atom stereocenters. The summed E-state index contributed by atoms with van der Waals surface area (Å²) in [7, 11) is 0. The molecule has 1 aromatic carbocycles. The minimum Gasteiger partial charge on any atom is -0.309 e. The fourth-order valence-electron chi connectivity index (χ4n) is 1.67. The van der Waals surface area contributed by atoms with E-state index in [1.165, 1.54) is 0 Å². The summed E-state index contributed by atoms with van der Waals surface area (Å²) in [5, 5.41) is 0. The average Bonchev–Trinajstić information content (AvgIpc) is 2.36. The SMILES string of the molecule is CCc1nc(Cc2ccc(Br)cc2)[nH]c(=O)c1Br. The lowest BCUT2D eigenvalue weighted by Crippen LogP contribution is -2.15. The Morgan fingerprint density at radius 3 is 2.50 bits per heavy atom. The summed E-state index contributed by atoms with van der Waals surface area (Å²) < 4.78 is 1.57. The van der Waals surface area contributed by atoms with Gasteiger partial charge in [0.25, 0.3) is 5.56 Å². The van der Waals surface area contributed by atoms with Gasteiger partial charge in [-0.3, -0.25) is 4.79 Å². The van der Waals surface area contributed by atoms with Crippen molar-refractivity contribution in [3.05, 3.63) is 60.6 Å². The molecule has 94 valence electrons. The molecular weight excluding hydrogens is 360 g/mol. The highest BCUT2D eigenvalue weighted by molar-refractivity contribution is 9.10. The summed E-state index contributed by atoms with van der Waals surface area (Å²) in [5.74, 6) is 0.697. The molecule has 18 heavy (non-hydrogen) atoms. The van der Waals surface area contributed by atoms with Gasteiger partial charge < -0.3 is 4.98 Å². The summed E-state index contributed by atoms with van der Waals surface area (Å²) in [6, 6.07) is 7.98. The molecule has 3 nitrogen and oxygen atoms in total. The van der Waals surface area contributed by atoms with Crippen LogP contribution in [0.25, 0.3) is 0 Å². The summed E-state index contributed by atoms with van der Waals surface area (Å²) >= 11 is 6.65. The lowest BCUT2D eigenvalue weighted by atomic mass is 10.1. The molecular formula is C13H12Br2N2O. The smallest absolute Gasteiger partial charge is 0.265 e. The van der Waals surface area contributed by atoms with E-state index in [4.69, 9.17) is 0 Å². The third kappa shape index (κ3) is 3.09. The van der Waals surface area contributed by atoms with Gasteiger partial charge in [0.1, 0.15) is 10.3 Å². The molecule has 0 atom stereocenters. The van der Waals surface area contributed by atoms with Crippen molar-refractivity contribution in [3.8, 4) is 0 Å². The van der Waals surface area contributed by atoms with Crippen molar-refractivity contribution < 1.29 is 0 Å². The second-order valence-electron chi connectivity index (χ2n) is 3.93. The van der Waals surface area contributed by atoms with Crippen LogP contribution in [-0.2, 0) is 12.8 Å². The first-order valence-corrected chi connectivity index (χ1v) is 7.20. The van der Waals surface area contributed by atoms with E-state index in [0.717, 1.165) is 22.2 Å². The van der Waals surface area contributed by atoms with Gasteiger partial charge >= 0.3 is 0 Å². The summed E-state index contributed by atoms with van der Waals surface area (Å²) in [6.07, 6.45) is 1.36. The Bertz CT molecular complexity index is 605. The number of rotatable bonds is 3. The molecule has 0 fully saturated rings. The van der Waals surface area contributed by atoms with Crippen LogP contribution in [0.2, 0.25) is 0 Å². The molecule has 1 N–H and O–H groups in total. The molecule has 1 aromatic heterocycles. The maximum absolute atomic E-state index is 11.7. The second-order valence-corrected chi connectivity index (χ2v) is 5.64. The van der Waals surface area contributed by atoms with Gasteiger partial charge in [-0.25, -0.2) is 4.98 Å². The fourth-order valence-corrected chi connectivity index (χ4v) is 2.40. The van der Waals surface area contributed by atoms with Crippen LogP contribution >= 0.6 is 31.9 Å². The third-order valence-corrected chi connectivity index (χ3v) is 3.95. The maximum Gasteiger partial charge on any atom is 0.265 e. The van der Waals surface area contributed by atoms with Gasteiger partial charge in [0.2, 0.25) is 0 Å². The lowest BCUT2D eigenvalue weighted by Gasteiger charge is -2.05. The van der Waals surface area contributed by atoms with Crippen LogP contribution in [0.1, 0.15) is 24.0 Å². The van der Waals surface area contributed by atoms with Gasteiger partial charge in [-0.15, -0.1) is 0 Å². The van der Waals surface area contributed by atoms with Crippen molar-refractivity contribution in [1.29, 1.82) is 0 Å². The quantitative estimate of drug-likeness (QED) is 0.898. The van der Waals surface area contributed by atoms with Gasteiger partial charge in [0.15, 0.2) is 0 Å². The van der Waals surface area contributed by atoms with Gasteiger partial charge in [-0.1, -0.05) is 35.0 Å². The molecule has 0 bridgehead atoms. The van der Waals surface area contributed by atoms with Crippen LogP contribution in [0.4, 0.5) is 0 Å². The highest BCUT2D eigenvalue weighted by Gasteiger charge is 2.07. The van der Waals surface area contributed by atoms with Gasteiger partial charge in [0, 0.05) is 10.9 Å². The van der Waals surface area contributed by atoms with Crippen molar-refractivity contribution in [2.24, 2.45) is 0 Å². The zero-order valence-electron chi connectivity index (χ0n) is 9.84. The summed E-state index contributed by atoms with van der Waals surface area (Å²) in [5.41, 5.74) is 1.80. The predicted molar refractivity (Wildman–Crippen MR) is 78.9 cm³/mol. The molecule has 2 aromatic rings. The topological polar surface area (TPSA) is 45.8 Å². The van der Waals surface area contributed by atoms with Crippen LogP contribution in [0.3, 0.4) is 0 Å². The zero-order valence-corrected chi connectivity index (χ0v) is 13.0. The minimum atomic E-state index is -0.117. The molecule has 0 aliphatic heterocycles. The monoisotopic (exact) mass is 370 g/mol. The van der Waals surface area contributed by atoms with E-state index < -0.39 is 0 Å². The summed E-state index contributed by atoms with van der Waals surface area (Å²) in [4.78, 5) is 19.0. The van der Waals surface area contributed by atoms with Crippen LogP contribution < -0.4 is 5.56 Å². The number of halogens is 2. The third-order valence-electron chi connectivity index (χ3n) is 2.60. The number of nitrogens with zero attached hydrogens (tertiary/aromatic N) is 1. The first kappa shape index (κ1) is 13.5. The number of aryl methyl sites for hydroxylation is 1. The van der Waals surface area contributed by atoms with Crippen molar-refractivity contribution >= 4 is 31.9 Å². The molecule has 0 spiro atoms. The fraction of sp³-hybridized carbons (Fsp3) is 0.231. The van der Waals surface area contributed by atoms with E-state index in [1.54, 1.807) is 0 Å². The Morgan fingerprint density at radius 1 is 1.22 bits per heavy atom. The van der Waals surface area contributed by atoms with E-state index in [2.05, 4.69) is 41.8 Å². The number of aromatic nitrogens is 2. The van der Waals surface area contributed by atoms with E-state index >= 15 is 0 Å². The number of H-pyrrole nitrogens is 1. The number of benzene rings is 1. The van der Waals surface area contributed by atoms with Crippen LogP contribution in [0.5, 0.6) is 0 Å². The molecule has 0 saturated heterocycles. The maximum atomic E-state index is 11.7. The Labute approximate surface area is 122 Å². The molecule has 0 saturated carbocycles. The first-order valence-electron chi connectivity index (χ1n) is 5.62. The normalized spacial score (nSPS) is 10.6. The largest absolute Gasteiger partial charge is 0.309 e. The van der Waals surface area contributed by atoms with Crippen molar-refractivity contribution in [2.75, 3.05) is 0 Å². The Kier molecular flexibility index (Phi) is 4.35. The highest BCUT2D eigenvalue weighted by Crippen LogP contribution is 2.14. The van der Waals surface area contributed by atoms with Crippen LogP contribution in [0, 0.1) is 0 Å². The molecule has 0 aliphatic rings. The Balaban J connectivity index is 2.32. The van der Waals surface area contributed by atoms with E-state index in [-0.39, 0.29) is 5.56 Å². The minimum absolute atomic E-state index is 0.117. The van der Waals surface area contributed by atoms with E-state index in [1.807, 2.05) is 31.2 Å². The van der Waals surface area contributed by atoms with E-state index in [9.17, 15) is 4.79 Å². The standard InChI is InChI=1S/C13H12Br2N2O/c1-2-10-12(15)13(18)17-11(16-10)7-8-3-5-9(14)6-4-8/h3-6H,2,7H2,1H3,(H,16,17,18). The molecule has 2 rings (SSSR count). The average molecular weight is 372 g/mol. The molecule has 0 aliphatic carbocycles. The predicted octanol–water partition coefficient (Wildman–Crippen LogP) is 3.45. The van der Waals surface area contributed by atoms with Crippen molar-refractivity contribution in [3.63, 3.8) is 0 Å². The first-order chi connectivity index (χ1) is 8.60. The summed E-state index contributed by atoms with van der Waals surface area (Å²) in [6.45, 7) is 1.98. The number of hydrogen-bond acceptors (Lipinski definition) is 2. The number of aromatic amines is 1.